The lowest BCUT2D eigenvalue weighted by molar-refractivity contribution is -0.173. The number of likely N-dealkylation sites (N-methyl/N-ethyl adjacent to an activating group) is 1. The van der Waals surface area contributed by atoms with Crippen molar-refractivity contribution in [3.8, 4) is 0 Å². The Morgan fingerprint density at radius 2 is 2.30 bits per heavy atom. The maximum absolute atomic E-state index is 14.0. The summed E-state index contributed by atoms with van der Waals surface area (Å²) in [5.74, 6) is -2.32. The van der Waals surface area contributed by atoms with E-state index < -0.39 is 29.8 Å². The lowest BCUT2D eigenvalue weighted by Crippen LogP contribution is -2.52. The molecule has 2 rings (SSSR count). The van der Waals surface area contributed by atoms with Gasteiger partial charge in [0.05, 0.1) is 6.04 Å². The number of amides is 1. The van der Waals surface area contributed by atoms with Gasteiger partial charge in [0, 0.05) is 17.1 Å². The second kappa shape index (κ2) is 5.76. The maximum atomic E-state index is 14.0. The molecule has 1 N–H and O–H groups in total. The highest BCUT2D eigenvalue weighted by Gasteiger charge is 2.43. The van der Waals surface area contributed by atoms with Gasteiger partial charge in [-0.2, -0.15) is 0 Å². The zero-order valence-electron chi connectivity index (χ0n) is 10.7. The number of hydrogen-bond donors (Lipinski definition) is 1. The highest BCUT2D eigenvalue weighted by Crippen LogP contribution is 2.36. The fourth-order valence-electron chi connectivity index (χ4n) is 2.33. The van der Waals surface area contributed by atoms with Crippen LogP contribution in [0, 0.1) is 5.82 Å². The van der Waals surface area contributed by atoms with E-state index in [1.165, 1.54) is 23.1 Å². The lowest BCUT2D eigenvalue weighted by atomic mass is 9.97. The van der Waals surface area contributed by atoms with Crippen LogP contribution in [0.1, 0.15) is 18.5 Å². The predicted molar refractivity (Wildman–Crippen MR) is 68.9 cm³/mol. The van der Waals surface area contributed by atoms with E-state index in [0.29, 0.717) is 0 Å². The van der Waals surface area contributed by atoms with Gasteiger partial charge in [-0.15, -0.1) is 0 Å². The number of hydrogen-bond acceptors (Lipinski definition) is 3. The first-order valence-electron chi connectivity index (χ1n) is 6.05. The molecule has 0 saturated carbocycles. The topological polar surface area (TPSA) is 66.8 Å². The van der Waals surface area contributed by atoms with Crippen LogP contribution in [0.3, 0.4) is 0 Å². The number of rotatable bonds is 3. The molecule has 1 aromatic rings. The van der Waals surface area contributed by atoms with Crippen molar-refractivity contribution in [2.75, 3.05) is 13.2 Å². The highest BCUT2D eigenvalue weighted by atomic mass is 35.5. The van der Waals surface area contributed by atoms with Crippen LogP contribution in [-0.4, -0.2) is 41.1 Å². The molecule has 1 aromatic carbocycles. The summed E-state index contributed by atoms with van der Waals surface area (Å²) in [6.45, 7) is 1.58. The molecule has 1 amide bonds. The van der Waals surface area contributed by atoms with Gasteiger partial charge in [0.25, 0.3) is 0 Å². The third kappa shape index (κ3) is 2.48. The molecular weight excluding hydrogens is 289 g/mol. The molecule has 1 aliphatic heterocycles. The summed E-state index contributed by atoms with van der Waals surface area (Å²) >= 11 is 5.98. The fraction of sp³-hybridized carbons (Fsp3) is 0.385. The minimum atomic E-state index is -1.35. The van der Waals surface area contributed by atoms with E-state index in [4.69, 9.17) is 16.3 Å². The molecule has 1 heterocycles. The fourth-order valence-corrected chi connectivity index (χ4v) is 2.61. The maximum Gasteiger partial charge on any atom is 0.335 e. The molecule has 2 unspecified atom stereocenters. The second-order valence-electron chi connectivity index (χ2n) is 4.33. The molecule has 7 heteroatoms. The minimum absolute atomic E-state index is 0.0310. The van der Waals surface area contributed by atoms with Gasteiger partial charge in [-0.1, -0.05) is 17.7 Å². The average molecular weight is 302 g/mol. The molecule has 0 radical (unpaired) electrons. The van der Waals surface area contributed by atoms with Crippen LogP contribution in [0.5, 0.6) is 0 Å². The van der Waals surface area contributed by atoms with Gasteiger partial charge in [0.2, 0.25) is 5.91 Å². The Labute approximate surface area is 119 Å². The van der Waals surface area contributed by atoms with Crippen molar-refractivity contribution >= 4 is 23.5 Å². The summed E-state index contributed by atoms with van der Waals surface area (Å²) in [7, 11) is 0. The van der Waals surface area contributed by atoms with Gasteiger partial charge in [0.1, 0.15) is 12.4 Å². The summed E-state index contributed by atoms with van der Waals surface area (Å²) in [6.07, 6.45) is -1.35. The average Bonchev–Trinajstić information content (AvgIpc) is 2.38. The monoisotopic (exact) mass is 301 g/mol. The van der Waals surface area contributed by atoms with Crippen LogP contribution in [0.25, 0.3) is 0 Å². The molecular formula is C13H13ClFNO4. The van der Waals surface area contributed by atoms with Crippen LogP contribution in [0.15, 0.2) is 18.2 Å². The normalized spacial score (nSPS) is 22.9. The number of carbonyl (C=O) groups excluding carboxylic acids is 1. The van der Waals surface area contributed by atoms with Crippen LogP contribution < -0.4 is 0 Å². The third-order valence-electron chi connectivity index (χ3n) is 3.21. The SMILES string of the molecule is CCN1C(=O)COC(C(=O)O)C1c1c(F)cccc1Cl. The Morgan fingerprint density at radius 1 is 1.60 bits per heavy atom. The van der Waals surface area contributed by atoms with Crippen LogP contribution in [-0.2, 0) is 14.3 Å². The Hall–Kier alpha value is -1.66. The molecule has 0 bridgehead atoms. The Balaban J connectivity index is 2.56. The number of nitrogens with zero attached hydrogens (tertiary/aromatic N) is 1. The molecule has 0 spiro atoms. The predicted octanol–water partition coefficient (Wildman–Crippen LogP) is 1.85. The molecule has 108 valence electrons. The van der Waals surface area contributed by atoms with Crippen molar-refractivity contribution in [2.24, 2.45) is 0 Å². The van der Waals surface area contributed by atoms with Crippen molar-refractivity contribution < 1.29 is 23.8 Å². The van der Waals surface area contributed by atoms with E-state index >= 15 is 0 Å². The van der Waals surface area contributed by atoms with Crippen LogP contribution in [0.2, 0.25) is 5.02 Å². The first-order chi connectivity index (χ1) is 9.47. The number of ether oxygens (including phenoxy) is 1. The van der Waals surface area contributed by atoms with E-state index in [1.54, 1.807) is 6.92 Å². The number of carbonyl (C=O) groups is 2. The third-order valence-corrected chi connectivity index (χ3v) is 3.54. The zero-order chi connectivity index (χ0) is 14.9. The number of carboxylic acid groups (broad SMARTS) is 1. The Kier molecular flexibility index (Phi) is 4.25. The van der Waals surface area contributed by atoms with Gasteiger partial charge >= 0.3 is 5.97 Å². The molecule has 1 aliphatic rings. The van der Waals surface area contributed by atoms with Crippen molar-refractivity contribution in [1.82, 2.24) is 4.90 Å². The summed E-state index contributed by atoms with van der Waals surface area (Å²) < 4.78 is 19.1. The van der Waals surface area contributed by atoms with Gasteiger partial charge in [-0.3, -0.25) is 4.79 Å². The Morgan fingerprint density at radius 3 is 2.85 bits per heavy atom. The lowest BCUT2D eigenvalue weighted by Gasteiger charge is -2.39. The summed E-state index contributed by atoms with van der Waals surface area (Å²) in [5.41, 5.74) is -0.0310. The largest absolute Gasteiger partial charge is 0.479 e. The van der Waals surface area contributed by atoms with E-state index in [2.05, 4.69) is 0 Å². The van der Waals surface area contributed by atoms with Crippen LogP contribution in [0.4, 0.5) is 4.39 Å². The number of morpholine rings is 1. The minimum Gasteiger partial charge on any atom is -0.479 e. The molecule has 0 aliphatic carbocycles. The molecule has 0 aromatic heterocycles. The standard InChI is InChI=1S/C13H13ClFNO4/c1-2-16-9(17)6-20-12(13(18)19)11(16)10-7(14)4-3-5-8(10)15/h3-5,11-12H,2,6H2,1H3,(H,18,19). The van der Waals surface area contributed by atoms with E-state index in [9.17, 15) is 19.1 Å². The van der Waals surface area contributed by atoms with Crippen LogP contribution >= 0.6 is 11.6 Å². The van der Waals surface area contributed by atoms with Crippen molar-refractivity contribution in [3.63, 3.8) is 0 Å². The quantitative estimate of drug-likeness (QED) is 0.925. The zero-order valence-corrected chi connectivity index (χ0v) is 11.4. The van der Waals surface area contributed by atoms with E-state index in [-0.39, 0.29) is 23.7 Å². The first-order valence-corrected chi connectivity index (χ1v) is 6.43. The van der Waals surface area contributed by atoms with Gasteiger partial charge in [-0.25, -0.2) is 9.18 Å². The number of carboxylic acids is 1. The van der Waals surface area contributed by atoms with Crippen molar-refractivity contribution in [3.05, 3.63) is 34.6 Å². The summed E-state index contributed by atoms with van der Waals surface area (Å²) in [5, 5.41) is 9.29. The van der Waals surface area contributed by atoms with Crippen molar-refractivity contribution in [1.29, 1.82) is 0 Å². The second-order valence-corrected chi connectivity index (χ2v) is 4.74. The number of aliphatic carboxylic acids is 1. The van der Waals surface area contributed by atoms with E-state index in [1.807, 2.05) is 0 Å². The highest BCUT2D eigenvalue weighted by molar-refractivity contribution is 6.31. The van der Waals surface area contributed by atoms with E-state index in [0.717, 1.165) is 0 Å². The Bertz CT molecular complexity index is 529. The smallest absolute Gasteiger partial charge is 0.335 e. The summed E-state index contributed by atoms with van der Waals surface area (Å²) in [6, 6.07) is 2.96. The molecule has 1 fully saturated rings. The van der Waals surface area contributed by atoms with Gasteiger partial charge in [-0.05, 0) is 19.1 Å². The van der Waals surface area contributed by atoms with Gasteiger partial charge in [0.15, 0.2) is 6.10 Å². The molecule has 2 atom stereocenters. The molecule has 1 saturated heterocycles. The van der Waals surface area contributed by atoms with Gasteiger partial charge < -0.3 is 14.7 Å². The molecule has 5 nitrogen and oxygen atoms in total. The number of benzene rings is 1. The number of halogens is 2. The first kappa shape index (κ1) is 14.7. The van der Waals surface area contributed by atoms with Crippen molar-refractivity contribution in [2.45, 2.75) is 19.1 Å². The summed E-state index contributed by atoms with van der Waals surface area (Å²) in [4.78, 5) is 24.4. The molecule has 20 heavy (non-hydrogen) atoms.